The van der Waals surface area contributed by atoms with Gasteiger partial charge in [0.05, 0.1) is 0 Å². The van der Waals surface area contributed by atoms with Gasteiger partial charge in [0.1, 0.15) is 0 Å². The Balaban J connectivity index is 1.67. The molecule has 90 valence electrons. The highest BCUT2D eigenvalue weighted by atomic mass is 16.2. The van der Waals surface area contributed by atoms with E-state index in [2.05, 4.69) is 10.2 Å². The highest BCUT2D eigenvalue weighted by Gasteiger charge is 2.34. The third kappa shape index (κ3) is 1.97. The molecule has 1 aliphatic carbocycles. The molecule has 0 spiro atoms. The summed E-state index contributed by atoms with van der Waals surface area (Å²) in [5.74, 6) is 1.53. The van der Waals surface area contributed by atoms with Gasteiger partial charge in [-0.15, -0.1) is 0 Å². The van der Waals surface area contributed by atoms with Gasteiger partial charge < -0.3 is 10.2 Å². The van der Waals surface area contributed by atoms with Crippen LogP contribution in [0.4, 0.5) is 0 Å². The lowest BCUT2D eigenvalue weighted by Crippen LogP contribution is -2.42. The Morgan fingerprint density at radius 2 is 1.88 bits per heavy atom. The molecule has 1 amide bonds. The second-order valence-corrected chi connectivity index (χ2v) is 5.77. The molecule has 3 aliphatic heterocycles. The van der Waals surface area contributed by atoms with Gasteiger partial charge in [-0.05, 0) is 38.1 Å². The molecule has 3 saturated heterocycles. The van der Waals surface area contributed by atoms with Crippen LogP contribution in [-0.4, -0.2) is 36.5 Å². The molecule has 3 nitrogen and oxygen atoms in total. The van der Waals surface area contributed by atoms with Crippen LogP contribution in [0.2, 0.25) is 0 Å². The van der Waals surface area contributed by atoms with Gasteiger partial charge in [-0.25, -0.2) is 0 Å². The molecule has 0 aromatic carbocycles. The number of rotatable bonds is 1. The number of hydrogen-bond acceptors (Lipinski definition) is 2. The van der Waals surface area contributed by atoms with E-state index in [1.807, 2.05) is 0 Å². The van der Waals surface area contributed by atoms with Crippen molar-refractivity contribution >= 4 is 5.91 Å². The number of piperidine rings is 1. The fraction of sp³-hybridized carbons (Fsp3) is 0.923. The van der Waals surface area contributed by atoms with Crippen LogP contribution in [0.3, 0.4) is 0 Å². The van der Waals surface area contributed by atoms with Gasteiger partial charge in [-0.1, -0.05) is 12.8 Å². The zero-order valence-corrected chi connectivity index (χ0v) is 9.95. The van der Waals surface area contributed by atoms with Crippen molar-refractivity contribution < 1.29 is 4.79 Å². The zero-order chi connectivity index (χ0) is 11.0. The highest BCUT2D eigenvalue weighted by Crippen LogP contribution is 2.29. The molecule has 0 aromatic rings. The third-order valence-corrected chi connectivity index (χ3v) is 4.55. The molecule has 2 unspecified atom stereocenters. The van der Waals surface area contributed by atoms with Gasteiger partial charge in [0.2, 0.25) is 5.91 Å². The quantitative estimate of drug-likeness (QED) is 0.727. The first-order valence-electron chi connectivity index (χ1n) is 6.85. The monoisotopic (exact) mass is 222 g/mol. The maximum Gasteiger partial charge on any atom is 0.225 e. The first-order chi connectivity index (χ1) is 7.83. The predicted molar refractivity (Wildman–Crippen MR) is 63.1 cm³/mol. The van der Waals surface area contributed by atoms with Gasteiger partial charge in [-0.2, -0.15) is 0 Å². The topological polar surface area (TPSA) is 32.3 Å². The lowest BCUT2D eigenvalue weighted by atomic mass is 9.97. The molecule has 3 heterocycles. The van der Waals surface area contributed by atoms with E-state index in [0.717, 1.165) is 32.5 Å². The maximum atomic E-state index is 12.4. The summed E-state index contributed by atoms with van der Waals surface area (Å²) < 4.78 is 0. The van der Waals surface area contributed by atoms with Gasteiger partial charge in [-0.3, -0.25) is 4.79 Å². The molecule has 16 heavy (non-hydrogen) atoms. The standard InChI is InChI=1S/C13H22N2O/c16-13(11-3-1-2-4-11)15-8-10-5-6-12(9-15)14-7-10/h10-12,14H,1-9H2. The van der Waals surface area contributed by atoms with Crippen LogP contribution in [0.1, 0.15) is 38.5 Å². The van der Waals surface area contributed by atoms with Crippen LogP contribution < -0.4 is 5.32 Å². The first kappa shape index (κ1) is 10.6. The number of carbonyl (C=O) groups excluding carboxylic acids is 1. The molecule has 1 saturated carbocycles. The molecule has 1 N–H and O–H groups in total. The number of amides is 1. The van der Waals surface area contributed by atoms with Crippen LogP contribution in [-0.2, 0) is 4.79 Å². The molecule has 0 radical (unpaired) electrons. The zero-order valence-electron chi connectivity index (χ0n) is 9.95. The average Bonchev–Trinajstić information content (AvgIpc) is 2.68. The van der Waals surface area contributed by atoms with Crippen molar-refractivity contribution in [3.63, 3.8) is 0 Å². The van der Waals surface area contributed by atoms with Gasteiger partial charge in [0.15, 0.2) is 0 Å². The molecule has 4 aliphatic rings. The Morgan fingerprint density at radius 3 is 2.56 bits per heavy atom. The smallest absolute Gasteiger partial charge is 0.225 e. The second-order valence-electron chi connectivity index (χ2n) is 5.77. The SMILES string of the molecule is O=C(C1CCCC1)N1CC2CCC(C1)NC2. The van der Waals surface area contributed by atoms with E-state index < -0.39 is 0 Å². The summed E-state index contributed by atoms with van der Waals surface area (Å²) in [6.07, 6.45) is 7.37. The van der Waals surface area contributed by atoms with Crippen molar-refractivity contribution in [1.29, 1.82) is 0 Å². The summed E-state index contributed by atoms with van der Waals surface area (Å²) in [6.45, 7) is 3.10. The molecular weight excluding hydrogens is 200 g/mol. The molecule has 4 rings (SSSR count). The Morgan fingerprint density at radius 1 is 1.06 bits per heavy atom. The minimum absolute atomic E-state index is 0.359. The van der Waals surface area contributed by atoms with E-state index in [1.54, 1.807) is 0 Å². The van der Waals surface area contributed by atoms with E-state index in [-0.39, 0.29) is 0 Å². The number of fused-ring (bicyclic) bond motifs is 4. The Labute approximate surface area is 97.6 Å². The number of hydrogen-bond donors (Lipinski definition) is 1. The van der Waals surface area contributed by atoms with Crippen molar-refractivity contribution in [2.75, 3.05) is 19.6 Å². The molecule has 0 aromatic heterocycles. The lowest BCUT2D eigenvalue weighted by molar-refractivity contribution is -0.135. The van der Waals surface area contributed by atoms with Gasteiger partial charge in [0, 0.05) is 25.0 Å². The fourth-order valence-corrected chi connectivity index (χ4v) is 3.55. The average molecular weight is 222 g/mol. The van der Waals surface area contributed by atoms with Gasteiger partial charge in [0.25, 0.3) is 0 Å². The number of nitrogens with zero attached hydrogens (tertiary/aromatic N) is 1. The summed E-state index contributed by atoms with van der Waals surface area (Å²) in [6, 6.07) is 0.573. The van der Waals surface area contributed by atoms with Crippen LogP contribution in [0.25, 0.3) is 0 Å². The van der Waals surface area contributed by atoms with Crippen molar-refractivity contribution in [2.45, 2.75) is 44.6 Å². The van der Waals surface area contributed by atoms with Crippen molar-refractivity contribution in [3.05, 3.63) is 0 Å². The lowest BCUT2D eigenvalue weighted by Gasteiger charge is -2.25. The van der Waals surface area contributed by atoms with E-state index in [9.17, 15) is 4.79 Å². The molecular formula is C13H22N2O. The summed E-state index contributed by atoms with van der Waals surface area (Å²) in [5.41, 5.74) is 0. The largest absolute Gasteiger partial charge is 0.341 e. The minimum Gasteiger partial charge on any atom is -0.341 e. The summed E-state index contributed by atoms with van der Waals surface area (Å²) in [4.78, 5) is 14.5. The summed E-state index contributed by atoms with van der Waals surface area (Å²) in [7, 11) is 0. The fourth-order valence-electron chi connectivity index (χ4n) is 3.55. The van der Waals surface area contributed by atoms with Gasteiger partial charge >= 0.3 is 0 Å². The Bertz CT molecular complexity index is 251. The molecule has 2 atom stereocenters. The van der Waals surface area contributed by atoms with Crippen LogP contribution in [0.5, 0.6) is 0 Å². The molecule has 2 bridgehead atoms. The van der Waals surface area contributed by atoms with Crippen molar-refractivity contribution in [3.8, 4) is 0 Å². The molecule has 3 heteroatoms. The van der Waals surface area contributed by atoms with Crippen LogP contribution in [0.15, 0.2) is 0 Å². The summed E-state index contributed by atoms with van der Waals surface area (Å²) in [5, 5.41) is 3.56. The summed E-state index contributed by atoms with van der Waals surface area (Å²) >= 11 is 0. The van der Waals surface area contributed by atoms with E-state index in [1.165, 1.54) is 25.7 Å². The normalized spacial score (nSPS) is 35.4. The predicted octanol–water partition coefficient (Wildman–Crippen LogP) is 1.39. The molecule has 4 fully saturated rings. The maximum absolute atomic E-state index is 12.4. The highest BCUT2D eigenvalue weighted by molar-refractivity contribution is 5.79. The third-order valence-electron chi connectivity index (χ3n) is 4.55. The second kappa shape index (κ2) is 4.36. The Hall–Kier alpha value is -0.570. The van der Waals surface area contributed by atoms with E-state index in [0.29, 0.717) is 23.8 Å². The van der Waals surface area contributed by atoms with E-state index in [4.69, 9.17) is 0 Å². The van der Waals surface area contributed by atoms with Crippen LogP contribution >= 0.6 is 0 Å². The van der Waals surface area contributed by atoms with Crippen molar-refractivity contribution in [1.82, 2.24) is 10.2 Å². The first-order valence-corrected chi connectivity index (χ1v) is 6.85. The number of nitrogens with one attached hydrogen (secondary N) is 1. The Kier molecular flexibility index (Phi) is 2.88. The van der Waals surface area contributed by atoms with Crippen LogP contribution in [0, 0.1) is 11.8 Å². The minimum atomic E-state index is 0.359. The van der Waals surface area contributed by atoms with E-state index >= 15 is 0 Å². The van der Waals surface area contributed by atoms with Crippen molar-refractivity contribution in [2.24, 2.45) is 11.8 Å². The number of carbonyl (C=O) groups is 1.